The molecule has 8 nitrogen and oxygen atoms in total. The Bertz CT molecular complexity index is 986. The van der Waals surface area contributed by atoms with Crippen LogP contribution in [0.4, 0.5) is 5.69 Å². The molecule has 0 spiro atoms. The van der Waals surface area contributed by atoms with Crippen LogP contribution in [0.15, 0.2) is 51.9 Å². The van der Waals surface area contributed by atoms with Crippen molar-refractivity contribution in [2.24, 2.45) is 5.10 Å². The summed E-state index contributed by atoms with van der Waals surface area (Å²) >= 11 is 2.82. The predicted molar refractivity (Wildman–Crippen MR) is 106 cm³/mol. The predicted octanol–water partition coefficient (Wildman–Crippen LogP) is 3.46. The van der Waals surface area contributed by atoms with E-state index in [1.54, 1.807) is 6.07 Å². The summed E-state index contributed by atoms with van der Waals surface area (Å²) in [7, 11) is 1.35. The van der Waals surface area contributed by atoms with Gasteiger partial charge in [0.05, 0.1) is 39.8 Å². The van der Waals surface area contributed by atoms with Gasteiger partial charge in [-0.15, -0.1) is 11.3 Å². The number of nitro benzene ring substituents is 1. The van der Waals surface area contributed by atoms with Crippen molar-refractivity contribution in [1.82, 2.24) is 10.4 Å². The number of hydrogen-bond donors (Lipinski definition) is 1. The number of methoxy groups -OCH3 is 1. The first-order valence-electron chi connectivity index (χ1n) is 7.70. The standard InChI is InChI=1S/C17H14N4O4S2/c1-25-13-7-4-5-11(16(13)21(23)24)9-18-20-15(22)10-26-17-19-12-6-2-3-8-14(12)27-17/h2-9H,10H2,1H3,(H,20,22)/b18-9-. The number of nitro groups is 1. The van der Waals surface area contributed by atoms with Gasteiger partial charge >= 0.3 is 5.69 Å². The first kappa shape index (κ1) is 18.8. The number of hydrogen-bond acceptors (Lipinski definition) is 8. The lowest BCUT2D eigenvalue weighted by Crippen LogP contribution is -2.19. The second-order valence-electron chi connectivity index (χ2n) is 5.18. The topological polar surface area (TPSA) is 107 Å². The highest BCUT2D eigenvalue weighted by Crippen LogP contribution is 2.30. The zero-order chi connectivity index (χ0) is 19.2. The van der Waals surface area contributed by atoms with E-state index in [2.05, 4.69) is 15.5 Å². The van der Waals surface area contributed by atoms with Crippen molar-refractivity contribution >= 4 is 51.1 Å². The number of nitrogens with zero attached hydrogens (tertiary/aromatic N) is 3. The maximum atomic E-state index is 11.9. The van der Waals surface area contributed by atoms with Crippen molar-refractivity contribution in [3.8, 4) is 5.75 Å². The zero-order valence-electron chi connectivity index (χ0n) is 14.1. The van der Waals surface area contributed by atoms with E-state index < -0.39 is 4.92 Å². The second-order valence-corrected chi connectivity index (χ2v) is 7.44. The van der Waals surface area contributed by atoms with E-state index >= 15 is 0 Å². The van der Waals surface area contributed by atoms with Gasteiger partial charge in [0.25, 0.3) is 5.91 Å². The Kier molecular flexibility index (Phi) is 5.99. The minimum absolute atomic E-state index is 0.127. The highest BCUT2D eigenvalue weighted by molar-refractivity contribution is 8.01. The molecule has 0 saturated heterocycles. The second kappa shape index (κ2) is 8.60. The van der Waals surface area contributed by atoms with Gasteiger partial charge in [-0.05, 0) is 24.3 Å². The normalized spacial score (nSPS) is 11.0. The fraction of sp³-hybridized carbons (Fsp3) is 0.118. The molecular weight excluding hydrogens is 388 g/mol. The van der Waals surface area contributed by atoms with E-state index in [4.69, 9.17) is 4.74 Å². The number of aromatic nitrogens is 1. The smallest absolute Gasteiger partial charge is 0.319 e. The highest BCUT2D eigenvalue weighted by atomic mass is 32.2. The molecular formula is C17H14N4O4S2. The number of benzene rings is 2. The summed E-state index contributed by atoms with van der Waals surface area (Å²) in [5, 5.41) is 15.0. The molecule has 1 aromatic heterocycles. The van der Waals surface area contributed by atoms with Gasteiger partial charge in [0.1, 0.15) is 0 Å². The lowest BCUT2D eigenvalue weighted by atomic mass is 10.2. The molecule has 0 fully saturated rings. The van der Waals surface area contributed by atoms with Crippen molar-refractivity contribution in [2.45, 2.75) is 4.34 Å². The fourth-order valence-electron chi connectivity index (χ4n) is 2.25. The van der Waals surface area contributed by atoms with Crippen LogP contribution in [0.3, 0.4) is 0 Å². The molecule has 0 aliphatic heterocycles. The SMILES string of the molecule is COc1cccc(/C=N\NC(=O)CSc2nc3ccccc3s2)c1[N+](=O)[O-]. The number of para-hydroxylation sites is 2. The van der Waals surface area contributed by atoms with Gasteiger partial charge in [-0.2, -0.15) is 5.10 Å². The van der Waals surface area contributed by atoms with Gasteiger partial charge < -0.3 is 4.74 Å². The van der Waals surface area contributed by atoms with Crippen LogP contribution in [0, 0.1) is 10.1 Å². The van der Waals surface area contributed by atoms with Crippen molar-refractivity contribution in [3.63, 3.8) is 0 Å². The summed E-state index contributed by atoms with van der Waals surface area (Å²) in [6.45, 7) is 0. The Balaban J connectivity index is 1.60. The third-order valence-electron chi connectivity index (χ3n) is 3.43. The summed E-state index contributed by atoms with van der Waals surface area (Å²) in [5.74, 6) is -0.0695. The molecule has 10 heteroatoms. The molecule has 2 aromatic carbocycles. The molecule has 1 heterocycles. The van der Waals surface area contributed by atoms with E-state index in [9.17, 15) is 14.9 Å². The Morgan fingerprint density at radius 2 is 2.19 bits per heavy atom. The number of hydrazone groups is 1. The molecule has 138 valence electrons. The molecule has 0 saturated carbocycles. The minimum atomic E-state index is -0.551. The van der Waals surface area contributed by atoms with Crippen LogP contribution in [0.25, 0.3) is 10.2 Å². The minimum Gasteiger partial charge on any atom is -0.490 e. The highest BCUT2D eigenvalue weighted by Gasteiger charge is 2.19. The number of thiazole rings is 1. The maximum absolute atomic E-state index is 11.9. The van der Waals surface area contributed by atoms with Crippen molar-refractivity contribution in [3.05, 3.63) is 58.1 Å². The van der Waals surface area contributed by atoms with E-state index in [-0.39, 0.29) is 28.7 Å². The van der Waals surface area contributed by atoms with Gasteiger partial charge in [0, 0.05) is 0 Å². The number of carbonyl (C=O) groups is 1. The van der Waals surface area contributed by atoms with Crippen molar-refractivity contribution < 1.29 is 14.5 Å². The molecule has 0 aliphatic carbocycles. The summed E-state index contributed by atoms with van der Waals surface area (Å²) < 4.78 is 6.84. The Labute approximate surface area is 162 Å². The van der Waals surface area contributed by atoms with Gasteiger partial charge in [0.15, 0.2) is 10.1 Å². The Morgan fingerprint density at radius 3 is 2.93 bits per heavy atom. The van der Waals surface area contributed by atoms with Crippen LogP contribution < -0.4 is 10.2 Å². The van der Waals surface area contributed by atoms with Crippen LogP contribution in [-0.2, 0) is 4.79 Å². The number of carbonyl (C=O) groups excluding carboxylic acids is 1. The molecule has 0 unspecified atom stereocenters. The number of ether oxygens (including phenoxy) is 1. The first-order valence-corrected chi connectivity index (χ1v) is 9.50. The molecule has 0 bridgehead atoms. The third kappa shape index (κ3) is 4.60. The summed E-state index contributed by atoms with van der Waals surface area (Å²) in [5.41, 5.74) is 3.29. The molecule has 0 atom stereocenters. The van der Waals surface area contributed by atoms with Crippen LogP contribution in [-0.4, -0.2) is 34.9 Å². The van der Waals surface area contributed by atoms with Gasteiger partial charge in [0.2, 0.25) is 0 Å². The number of rotatable bonds is 7. The van der Waals surface area contributed by atoms with E-state index in [0.717, 1.165) is 14.6 Å². The van der Waals surface area contributed by atoms with E-state index in [1.807, 2.05) is 24.3 Å². The van der Waals surface area contributed by atoms with Crippen LogP contribution in [0.1, 0.15) is 5.56 Å². The largest absolute Gasteiger partial charge is 0.490 e. The molecule has 1 amide bonds. The Morgan fingerprint density at radius 1 is 1.37 bits per heavy atom. The van der Waals surface area contributed by atoms with E-state index in [0.29, 0.717) is 0 Å². The fourth-order valence-corrected chi connectivity index (χ4v) is 4.11. The number of amides is 1. The average molecular weight is 402 g/mol. The number of nitrogens with one attached hydrogen (secondary N) is 1. The molecule has 3 aromatic rings. The molecule has 0 radical (unpaired) electrons. The number of thioether (sulfide) groups is 1. The first-order chi connectivity index (χ1) is 13.1. The average Bonchev–Trinajstić information content (AvgIpc) is 3.09. The Hall–Kier alpha value is -2.98. The quantitative estimate of drug-likeness (QED) is 0.281. The number of fused-ring (bicyclic) bond motifs is 1. The lowest BCUT2D eigenvalue weighted by Gasteiger charge is -2.03. The molecule has 0 aliphatic rings. The van der Waals surface area contributed by atoms with Gasteiger partial charge in [-0.1, -0.05) is 30.0 Å². The van der Waals surface area contributed by atoms with Crippen LogP contribution >= 0.6 is 23.1 Å². The summed E-state index contributed by atoms with van der Waals surface area (Å²) in [6.07, 6.45) is 1.22. The van der Waals surface area contributed by atoms with Crippen molar-refractivity contribution in [1.29, 1.82) is 0 Å². The van der Waals surface area contributed by atoms with Crippen LogP contribution in [0.2, 0.25) is 0 Å². The monoisotopic (exact) mass is 402 g/mol. The summed E-state index contributed by atoms with van der Waals surface area (Å²) in [6, 6.07) is 12.4. The van der Waals surface area contributed by atoms with Gasteiger partial charge in [-0.3, -0.25) is 14.9 Å². The summed E-state index contributed by atoms with van der Waals surface area (Å²) in [4.78, 5) is 27.0. The lowest BCUT2D eigenvalue weighted by molar-refractivity contribution is -0.385. The zero-order valence-corrected chi connectivity index (χ0v) is 15.8. The van der Waals surface area contributed by atoms with Gasteiger partial charge in [-0.25, -0.2) is 10.4 Å². The molecule has 3 rings (SSSR count). The molecule has 27 heavy (non-hydrogen) atoms. The molecule has 1 N–H and O–H groups in total. The van der Waals surface area contributed by atoms with E-state index in [1.165, 1.54) is 48.6 Å². The van der Waals surface area contributed by atoms with Crippen molar-refractivity contribution in [2.75, 3.05) is 12.9 Å². The van der Waals surface area contributed by atoms with Crippen LogP contribution in [0.5, 0.6) is 5.75 Å². The third-order valence-corrected chi connectivity index (χ3v) is 5.61. The maximum Gasteiger partial charge on any atom is 0.319 e.